The minimum absolute atomic E-state index is 0.196. The molecule has 5 nitrogen and oxygen atoms in total. The summed E-state index contributed by atoms with van der Waals surface area (Å²) in [5.41, 5.74) is 1.14. The molecular formula is C10H18N4O. The molecule has 0 saturated heterocycles. The van der Waals surface area contributed by atoms with Crippen molar-refractivity contribution in [2.24, 2.45) is 4.99 Å². The van der Waals surface area contributed by atoms with Gasteiger partial charge in [-0.25, -0.2) is 4.99 Å². The van der Waals surface area contributed by atoms with Crippen LogP contribution in [-0.2, 0) is 4.74 Å². The highest BCUT2D eigenvalue weighted by Crippen LogP contribution is 1.99. The molecule has 0 spiro atoms. The average molecular weight is 210 g/mol. The van der Waals surface area contributed by atoms with Crippen LogP contribution in [0.1, 0.15) is 6.92 Å². The Balaban J connectivity index is 2.44. The highest BCUT2D eigenvalue weighted by Gasteiger charge is 2.13. The summed E-state index contributed by atoms with van der Waals surface area (Å²) in [7, 11) is 3.49. The Hall–Kier alpha value is -1.65. The van der Waals surface area contributed by atoms with E-state index in [-0.39, 0.29) is 6.17 Å². The Labute approximate surface area is 90.5 Å². The highest BCUT2D eigenvalue weighted by molar-refractivity contribution is 5.56. The Morgan fingerprint density at radius 3 is 3.07 bits per heavy atom. The molecule has 15 heavy (non-hydrogen) atoms. The van der Waals surface area contributed by atoms with E-state index < -0.39 is 0 Å². The van der Waals surface area contributed by atoms with Crippen molar-refractivity contribution in [2.45, 2.75) is 13.1 Å². The number of nitrogens with one attached hydrogen (secondary N) is 2. The van der Waals surface area contributed by atoms with Crippen molar-refractivity contribution >= 4 is 6.34 Å². The lowest BCUT2D eigenvalue weighted by Crippen LogP contribution is -2.50. The van der Waals surface area contributed by atoms with Gasteiger partial charge in [0.25, 0.3) is 0 Å². The maximum absolute atomic E-state index is 4.84. The van der Waals surface area contributed by atoms with Gasteiger partial charge in [0.05, 0.1) is 20.0 Å². The summed E-state index contributed by atoms with van der Waals surface area (Å²) in [6, 6.07) is 0. The fraction of sp³-hybridized carbons (Fsp3) is 0.500. The van der Waals surface area contributed by atoms with Crippen LogP contribution in [0.25, 0.3) is 0 Å². The van der Waals surface area contributed by atoms with Gasteiger partial charge in [-0.3, -0.25) is 0 Å². The van der Waals surface area contributed by atoms with Gasteiger partial charge in [-0.1, -0.05) is 0 Å². The lowest BCUT2D eigenvalue weighted by atomic mass is 10.3. The molecule has 0 aromatic rings. The van der Waals surface area contributed by atoms with Gasteiger partial charge < -0.3 is 20.3 Å². The van der Waals surface area contributed by atoms with Crippen molar-refractivity contribution in [1.82, 2.24) is 15.5 Å². The number of rotatable bonds is 4. The molecule has 84 valence electrons. The third-order valence-corrected chi connectivity index (χ3v) is 2.18. The second kappa shape index (κ2) is 5.29. The summed E-state index contributed by atoms with van der Waals surface area (Å²) < 4.78 is 4.84. The van der Waals surface area contributed by atoms with Crippen LogP contribution in [0, 0.1) is 0 Å². The van der Waals surface area contributed by atoms with Crippen molar-refractivity contribution in [3.63, 3.8) is 0 Å². The number of aliphatic imine (C=N–C) groups is 1. The lowest BCUT2D eigenvalue weighted by molar-refractivity contribution is 0.285. The smallest absolute Gasteiger partial charge is 0.206 e. The highest BCUT2D eigenvalue weighted by atomic mass is 16.5. The van der Waals surface area contributed by atoms with E-state index in [9.17, 15) is 0 Å². The standard InChI is InChI=1S/C10H18N4O/c1-8-5-12-10(6-11-8)14(3)7-13-9(2)15-4/h5,7,10-12H,2,6H2,1,3-4H3. The predicted octanol–water partition coefficient (Wildman–Crippen LogP) is 0.444. The summed E-state index contributed by atoms with van der Waals surface area (Å²) in [5.74, 6) is 0.400. The topological polar surface area (TPSA) is 48.9 Å². The van der Waals surface area contributed by atoms with Gasteiger partial charge in [-0.15, -0.1) is 0 Å². The van der Waals surface area contributed by atoms with Crippen LogP contribution < -0.4 is 10.6 Å². The van der Waals surface area contributed by atoms with E-state index in [1.54, 1.807) is 13.4 Å². The largest absolute Gasteiger partial charge is 0.481 e. The summed E-state index contributed by atoms with van der Waals surface area (Å²) in [5, 5.41) is 6.51. The van der Waals surface area contributed by atoms with Gasteiger partial charge in [0.15, 0.2) is 0 Å². The monoisotopic (exact) mass is 210 g/mol. The Kier molecular flexibility index (Phi) is 4.03. The van der Waals surface area contributed by atoms with E-state index in [2.05, 4.69) is 22.2 Å². The number of likely N-dealkylation sites (N-methyl/N-ethyl adjacent to an activating group) is 1. The first-order valence-electron chi connectivity index (χ1n) is 4.79. The van der Waals surface area contributed by atoms with Crippen LogP contribution in [0.4, 0.5) is 0 Å². The molecule has 1 heterocycles. The average Bonchev–Trinajstić information content (AvgIpc) is 2.26. The molecule has 0 saturated carbocycles. The van der Waals surface area contributed by atoms with Gasteiger partial charge in [-0.2, -0.15) is 0 Å². The molecule has 1 atom stereocenters. The first-order chi connectivity index (χ1) is 7.13. The number of allylic oxidation sites excluding steroid dienone is 1. The molecule has 1 rings (SSSR count). The van der Waals surface area contributed by atoms with Gasteiger partial charge in [0.2, 0.25) is 5.88 Å². The van der Waals surface area contributed by atoms with Gasteiger partial charge in [0.1, 0.15) is 6.17 Å². The van der Waals surface area contributed by atoms with Crippen molar-refractivity contribution in [2.75, 3.05) is 20.7 Å². The van der Waals surface area contributed by atoms with Gasteiger partial charge >= 0.3 is 0 Å². The minimum Gasteiger partial charge on any atom is -0.481 e. The van der Waals surface area contributed by atoms with Gasteiger partial charge in [0, 0.05) is 18.9 Å². The summed E-state index contributed by atoms with van der Waals surface area (Å²) in [6.07, 6.45) is 3.84. The zero-order valence-electron chi connectivity index (χ0n) is 9.45. The first-order valence-corrected chi connectivity index (χ1v) is 4.79. The van der Waals surface area contributed by atoms with Crippen molar-refractivity contribution in [3.05, 3.63) is 24.4 Å². The van der Waals surface area contributed by atoms with Crippen LogP contribution in [0.3, 0.4) is 0 Å². The van der Waals surface area contributed by atoms with Crippen molar-refractivity contribution in [1.29, 1.82) is 0 Å². The quantitative estimate of drug-likeness (QED) is 0.402. The summed E-state index contributed by atoms with van der Waals surface area (Å²) >= 11 is 0. The van der Waals surface area contributed by atoms with Gasteiger partial charge in [-0.05, 0) is 13.5 Å². The molecule has 2 N–H and O–H groups in total. The zero-order chi connectivity index (χ0) is 11.3. The zero-order valence-corrected chi connectivity index (χ0v) is 9.45. The first kappa shape index (κ1) is 11.4. The van der Waals surface area contributed by atoms with E-state index in [1.165, 1.54) is 0 Å². The Bertz CT molecular complexity index is 285. The molecule has 0 aliphatic carbocycles. The Morgan fingerprint density at radius 2 is 2.53 bits per heavy atom. The summed E-state index contributed by atoms with van der Waals surface area (Å²) in [6.45, 7) is 6.46. The molecule has 0 radical (unpaired) electrons. The molecule has 0 fully saturated rings. The summed E-state index contributed by atoms with van der Waals surface area (Å²) in [4.78, 5) is 5.99. The number of nitrogens with zero attached hydrogens (tertiary/aromatic N) is 2. The number of ether oxygens (including phenoxy) is 1. The second-order valence-electron chi connectivity index (χ2n) is 3.40. The van der Waals surface area contributed by atoms with Crippen LogP contribution in [0.15, 0.2) is 29.4 Å². The molecule has 5 heteroatoms. The predicted molar refractivity (Wildman–Crippen MR) is 61.1 cm³/mol. The van der Waals surface area contributed by atoms with Crippen LogP contribution >= 0.6 is 0 Å². The van der Waals surface area contributed by atoms with E-state index in [0.29, 0.717) is 5.88 Å². The molecule has 0 aromatic carbocycles. The molecule has 0 aromatic heterocycles. The third-order valence-electron chi connectivity index (χ3n) is 2.18. The maximum atomic E-state index is 4.84. The van der Waals surface area contributed by atoms with E-state index >= 15 is 0 Å². The van der Waals surface area contributed by atoms with E-state index in [4.69, 9.17) is 4.74 Å². The second-order valence-corrected chi connectivity index (χ2v) is 3.40. The lowest BCUT2D eigenvalue weighted by Gasteiger charge is -2.30. The number of hydrogen-bond acceptors (Lipinski definition) is 4. The van der Waals surface area contributed by atoms with E-state index in [1.807, 2.05) is 25.1 Å². The van der Waals surface area contributed by atoms with Crippen LogP contribution in [0.2, 0.25) is 0 Å². The number of hydrogen-bond donors (Lipinski definition) is 2. The molecule has 1 unspecified atom stereocenters. The van der Waals surface area contributed by atoms with Crippen LogP contribution in [0.5, 0.6) is 0 Å². The fourth-order valence-corrected chi connectivity index (χ4v) is 1.14. The maximum Gasteiger partial charge on any atom is 0.206 e. The molecular weight excluding hydrogens is 192 g/mol. The SMILES string of the molecule is C=C(N=CN(C)C1CNC(C)=CN1)OC. The molecule has 1 aliphatic heterocycles. The molecule has 0 amide bonds. The Morgan fingerprint density at radius 1 is 1.80 bits per heavy atom. The molecule has 0 bridgehead atoms. The fourth-order valence-electron chi connectivity index (χ4n) is 1.14. The molecule has 1 aliphatic rings. The van der Waals surface area contributed by atoms with Crippen molar-refractivity contribution < 1.29 is 4.74 Å². The van der Waals surface area contributed by atoms with Crippen LogP contribution in [-0.4, -0.2) is 38.1 Å². The van der Waals surface area contributed by atoms with E-state index in [0.717, 1.165) is 12.2 Å². The van der Waals surface area contributed by atoms with Crippen molar-refractivity contribution in [3.8, 4) is 0 Å². The third kappa shape index (κ3) is 3.53. The minimum atomic E-state index is 0.196. The number of methoxy groups -OCH3 is 1. The normalized spacial score (nSPS) is 20.2.